The lowest BCUT2D eigenvalue weighted by Gasteiger charge is -2.21. The van der Waals surface area contributed by atoms with Gasteiger partial charge in [0, 0.05) is 12.6 Å². The minimum Gasteiger partial charge on any atom is -0.497 e. The maximum Gasteiger partial charge on any atom is 0.118 e. The van der Waals surface area contributed by atoms with Gasteiger partial charge in [0.15, 0.2) is 0 Å². The number of methoxy groups -OCH3 is 1. The Morgan fingerprint density at radius 1 is 1.00 bits per heavy atom. The zero-order valence-corrected chi connectivity index (χ0v) is 11.5. The summed E-state index contributed by atoms with van der Waals surface area (Å²) in [7, 11) is 1.71. The highest BCUT2D eigenvalue weighted by molar-refractivity contribution is 5.27. The first-order chi connectivity index (χ1) is 8.88. The number of rotatable bonds is 4. The fourth-order valence-electron chi connectivity index (χ4n) is 2.67. The molecule has 0 radical (unpaired) electrons. The molecular weight excluding hydrogens is 222 g/mol. The van der Waals surface area contributed by atoms with Crippen molar-refractivity contribution < 1.29 is 4.74 Å². The molecule has 0 spiro atoms. The zero-order valence-electron chi connectivity index (χ0n) is 11.5. The van der Waals surface area contributed by atoms with Crippen molar-refractivity contribution in [1.82, 2.24) is 5.32 Å². The van der Waals surface area contributed by atoms with Crippen molar-refractivity contribution in [3.63, 3.8) is 0 Å². The van der Waals surface area contributed by atoms with Crippen LogP contribution in [0.1, 0.15) is 50.5 Å². The monoisotopic (exact) mass is 247 g/mol. The molecule has 0 aromatic heterocycles. The van der Waals surface area contributed by atoms with Crippen LogP contribution in [0.15, 0.2) is 24.3 Å². The molecule has 100 valence electrons. The van der Waals surface area contributed by atoms with Gasteiger partial charge < -0.3 is 10.1 Å². The molecule has 2 rings (SSSR count). The Bertz CT molecular complexity index is 325. The van der Waals surface area contributed by atoms with E-state index in [0.29, 0.717) is 6.04 Å². The molecule has 1 aliphatic carbocycles. The molecule has 2 nitrogen and oxygen atoms in total. The summed E-state index contributed by atoms with van der Waals surface area (Å²) in [5, 5.41) is 3.70. The Kier molecular flexibility index (Phi) is 5.53. The third-order valence-corrected chi connectivity index (χ3v) is 3.86. The number of ether oxygens (including phenoxy) is 1. The Morgan fingerprint density at radius 2 is 1.61 bits per heavy atom. The summed E-state index contributed by atoms with van der Waals surface area (Å²) in [6.07, 6.45) is 9.74. The topological polar surface area (TPSA) is 21.3 Å². The van der Waals surface area contributed by atoms with Crippen LogP contribution in [0.2, 0.25) is 0 Å². The van der Waals surface area contributed by atoms with Crippen LogP contribution in [0.4, 0.5) is 0 Å². The fraction of sp³-hybridized carbons (Fsp3) is 0.625. The summed E-state index contributed by atoms with van der Waals surface area (Å²) in [5.74, 6) is 0.935. The van der Waals surface area contributed by atoms with Gasteiger partial charge in [-0.05, 0) is 30.5 Å². The predicted molar refractivity (Wildman–Crippen MR) is 75.9 cm³/mol. The number of hydrogen-bond donors (Lipinski definition) is 1. The molecule has 1 saturated carbocycles. The van der Waals surface area contributed by atoms with Gasteiger partial charge in [0.25, 0.3) is 0 Å². The molecule has 1 aromatic carbocycles. The average Bonchev–Trinajstić information content (AvgIpc) is 2.38. The largest absolute Gasteiger partial charge is 0.497 e. The van der Waals surface area contributed by atoms with Gasteiger partial charge in [-0.2, -0.15) is 0 Å². The summed E-state index contributed by atoms with van der Waals surface area (Å²) >= 11 is 0. The second-order valence-electron chi connectivity index (χ2n) is 5.27. The molecule has 0 bridgehead atoms. The van der Waals surface area contributed by atoms with Crippen molar-refractivity contribution >= 4 is 0 Å². The van der Waals surface area contributed by atoms with Gasteiger partial charge in [-0.15, -0.1) is 0 Å². The van der Waals surface area contributed by atoms with Crippen molar-refractivity contribution in [2.24, 2.45) is 0 Å². The van der Waals surface area contributed by atoms with Crippen LogP contribution >= 0.6 is 0 Å². The molecule has 0 unspecified atom stereocenters. The molecule has 0 aliphatic heterocycles. The van der Waals surface area contributed by atoms with Crippen molar-refractivity contribution in [2.45, 2.75) is 57.5 Å². The van der Waals surface area contributed by atoms with E-state index in [1.807, 2.05) is 12.1 Å². The Morgan fingerprint density at radius 3 is 2.22 bits per heavy atom. The Balaban J connectivity index is 1.78. The molecular formula is C16H25NO. The van der Waals surface area contributed by atoms with Gasteiger partial charge in [0.2, 0.25) is 0 Å². The average molecular weight is 247 g/mol. The summed E-state index contributed by atoms with van der Waals surface area (Å²) < 4.78 is 5.17. The lowest BCUT2D eigenvalue weighted by atomic mass is 9.96. The van der Waals surface area contributed by atoms with Crippen LogP contribution in [0.5, 0.6) is 5.75 Å². The van der Waals surface area contributed by atoms with Gasteiger partial charge in [0.1, 0.15) is 5.75 Å². The fourth-order valence-corrected chi connectivity index (χ4v) is 2.67. The second kappa shape index (κ2) is 7.42. The summed E-state index contributed by atoms with van der Waals surface area (Å²) in [4.78, 5) is 0. The smallest absolute Gasteiger partial charge is 0.118 e. The van der Waals surface area contributed by atoms with Crippen LogP contribution in [-0.4, -0.2) is 13.2 Å². The van der Waals surface area contributed by atoms with Crippen LogP contribution in [0.25, 0.3) is 0 Å². The second-order valence-corrected chi connectivity index (χ2v) is 5.27. The van der Waals surface area contributed by atoms with Gasteiger partial charge >= 0.3 is 0 Å². The highest BCUT2D eigenvalue weighted by atomic mass is 16.5. The molecule has 1 aromatic rings. The molecule has 0 amide bonds. The van der Waals surface area contributed by atoms with Gasteiger partial charge in [-0.3, -0.25) is 0 Å². The van der Waals surface area contributed by atoms with E-state index in [1.165, 1.54) is 50.5 Å². The van der Waals surface area contributed by atoms with Crippen LogP contribution in [0, 0.1) is 0 Å². The minimum atomic E-state index is 0.715. The Hall–Kier alpha value is -1.02. The van der Waals surface area contributed by atoms with Crippen molar-refractivity contribution in [3.05, 3.63) is 29.8 Å². The highest BCUT2D eigenvalue weighted by Crippen LogP contribution is 2.18. The third-order valence-electron chi connectivity index (χ3n) is 3.86. The van der Waals surface area contributed by atoms with E-state index in [-0.39, 0.29) is 0 Å². The number of benzene rings is 1. The molecule has 0 heterocycles. The van der Waals surface area contributed by atoms with Gasteiger partial charge in [0.05, 0.1) is 7.11 Å². The molecule has 0 atom stereocenters. The summed E-state index contributed by atoms with van der Waals surface area (Å²) in [5.41, 5.74) is 1.35. The first-order valence-electron chi connectivity index (χ1n) is 7.25. The van der Waals surface area contributed by atoms with Gasteiger partial charge in [-0.25, -0.2) is 0 Å². The lowest BCUT2D eigenvalue weighted by molar-refractivity contribution is 0.388. The minimum absolute atomic E-state index is 0.715. The maximum atomic E-state index is 5.17. The van der Waals surface area contributed by atoms with E-state index < -0.39 is 0 Å². The lowest BCUT2D eigenvalue weighted by Crippen LogP contribution is -2.29. The quantitative estimate of drug-likeness (QED) is 0.871. The first-order valence-corrected chi connectivity index (χ1v) is 7.25. The van der Waals surface area contributed by atoms with Crippen molar-refractivity contribution in [2.75, 3.05) is 7.11 Å². The number of hydrogen-bond acceptors (Lipinski definition) is 2. The normalized spacial score (nSPS) is 18.1. The number of nitrogens with one attached hydrogen (secondary N) is 1. The van der Waals surface area contributed by atoms with E-state index in [9.17, 15) is 0 Å². The standard InChI is InChI=1S/C16H25NO/c1-18-16-11-9-14(10-12-16)13-17-15-7-5-3-2-4-6-8-15/h9-12,15,17H,2-8,13H2,1H3. The van der Waals surface area contributed by atoms with Crippen LogP contribution in [0.3, 0.4) is 0 Å². The van der Waals surface area contributed by atoms with E-state index in [1.54, 1.807) is 7.11 Å². The first kappa shape index (κ1) is 13.4. The van der Waals surface area contributed by atoms with Crippen LogP contribution in [-0.2, 0) is 6.54 Å². The zero-order chi connectivity index (χ0) is 12.6. The molecule has 2 heteroatoms. The Labute approximate surface area is 111 Å². The van der Waals surface area contributed by atoms with E-state index >= 15 is 0 Å². The summed E-state index contributed by atoms with van der Waals surface area (Å²) in [6.45, 7) is 0.981. The van der Waals surface area contributed by atoms with E-state index in [0.717, 1.165) is 12.3 Å². The van der Waals surface area contributed by atoms with E-state index in [4.69, 9.17) is 4.74 Å². The summed E-state index contributed by atoms with van der Waals surface area (Å²) in [6, 6.07) is 9.08. The molecule has 1 aliphatic rings. The van der Waals surface area contributed by atoms with Crippen molar-refractivity contribution in [1.29, 1.82) is 0 Å². The van der Waals surface area contributed by atoms with Gasteiger partial charge in [-0.1, -0.05) is 44.2 Å². The predicted octanol–water partition coefficient (Wildman–Crippen LogP) is 3.90. The third kappa shape index (κ3) is 4.34. The molecule has 1 N–H and O–H groups in total. The molecule has 18 heavy (non-hydrogen) atoms. The SMILES string of the molecule is COc1ccc(CNC2CCCCCCC2)cc1. The molecule has 0 saturated heterocycles. The highest BCUT2D eigenvalue weighted by Gasteiger charge is 2.10. The maximum absolute atomic E-state index is 5.17. The van der Waals surface area contributed by atoms with Crippen molar-refractivity contribution in [3.8, 4) is 5.75 Å². The van der Waals surface area contributed by atoms with Crippen LogP contribution < -0.4 is 10.1 Å². The molecule has 1 fully saturated rings. The van der Waals surface area contributed by atoms with E-state index in [2.05, 4.69) is 17.4 Å².